The lowest BCUT2D eigenvalue weighted by Gasteiger charge is -1.99. The summed E-state index contributed by atoms with van der Waals surface area (Å²) in [5.41, 5.74) is 1.76. The lowest BCUT2D eigenvalue weighted by Crippen LogP contribution is -1.98. The summed E-state index contributed by atoms with van der Waals surface area (Å²) in [6.07, 6.45) is 8.84. The second kappa shape index (κ2) is 3.35. The van der Waals surface area contributed by atoms with Gasteiger partial charge in [-0.1, -0.05) is 5.92 Å². The van der Waals surface area contributed by atoms with Crippen molar-refractivity contribution in [1.82, 2.24) is 14.8 Å². The SMILES string of the molecule is C#Cc1ccnc(-n2ccc(C)n2)c1. The number of aromatic nitrogens is 3. The molecule has 0 aliphatic heterocycles. The van der Waals surface area contributed by atoms with Crippen LogP contribution in [0.3, 0.4) is 0 Å². The van der Waals surface area contributed by atoms with Crippen LogP contribution in [0.1, 0.15) is 11.3 Å². The third-order valence-electron chi connectivity index (χ3n) is 1.87. The van der Waals surface area contributed by atoms with Crippen LogP contribution >= 0.6 is 0 Å². The van der Waals surface area contributed by atoms with E-state index in [-0.39, 0.29) is 0 Å². The van der Waals surface area contributed by atoms with E-state index in [9.17, 15) is 0 Å². The van der Waals surface area contributed by atoms with Gasteiger partial charge >= 0.3 is 0 Å². The minimum atomic E-state index is 0.744. The molecule has 0 amide bonds. The number of aryl methyl sites for hydroxylation is 1. The Labute approximate surface area is 82.4 Å². The molecule has 2 aromatic heterocycles. The van der Waals surface area contributed by atoms with Gasteiger partial charge in [-0.15, -0.1) is 6.42 Å². The van der Waals surface area contributed by atoms with Crippen LogP contribution in [0, 0.1) is 19.3 Å². The summed E-state index contributed by atoms with van der Waals surface area (Å²) in [5, 5.41) is 4.24. The summed E-state index contributed by atoms with van der Waals surface area (Å²) in [5.74, 6) is 3.31. The van der Waals surface area contributed by atoms with Gasteiger partial charge in [0.05, 0.1) is 5.69 Å². The molecule has 0 aromatic carbocycles. The van der Waals surface area contributed by atoms with Gasteiger partial charge in [-0.05, 0) is 25.1 Å². The zero-order valence-corrected chi connectivity index (χ0v) is 7.81. The predicted molar refractivity (Wildman–Crippen MR) is 54.0 cm³/mol. The summed E-state index contributed by atoms with van der Waals surface area (Å²) >= 11 is 0. The molecule has 0 radical (unpaired) electrons. The summed E-state index contributed by atoms with van der Waals surface area (Å²) < 4.78 is 1.70. The molecule has 0 N–H and O–H groups in total. The molecule has 0 aliphatic carbocycles. The van der Waals surface area contributed by atoms with Crippen LogP contribution in [-0.4, -0.2) is 14.8 Å². The fourth-order valence-electron chi connectivity index (χ4n) is 1.18. The van der Waals surface area contributed by atoms with Gasteiger partial charge < -0.3 is 0 Å². The van der Waals surface area contributed by atoms with Crippen molar-refractivity contribution < 1.29 is 0 Å². The minimum absolute atomic E-state index is 0.744. The van der Waals surface area contributed by atoms with Gasteiger partial charge in [-0.3, -0.25) is 0 Å². The van der Waals surface area contributed by atoms with Crippen LogP contribution in [0.2, 0.25) is 0 Å². The minimum Gasteiger partial charge on any atom is -0.237 e. The molecule has 0 spiro atoms. The van der Waals surface area contributed by atoms with Crippen LogP contribution in [0.4, 0.5) is 0 Å². The lowest BCUT2D eigenvalue weighted by atomic mass is 10.3. The Morgan fingerprint density at radius 3 is 2.93 bits per heavy atom. The predicted octanol–water partition coefficient (Wildman–Crippen LogP) is 1.56. The Hall–Kier alpha value is -2.08. The third kappa shape index (κ3) is 1.50. The van der Waals surface area contributed by atoms with Crippen LogP contribution in [-0.2, 0) is 0 Å². The Kier molecular flexibility index (Phi) is 2.04. The first-order chi connectivity index (χ1) is 6.79. The number of hydrogen-bond donors (Lipinski definition) is 0. The highest BCUT2D eigenvalue weighted by Crippen LogP contribution is 2.05. The molecule has 0 bridgehead atoms. The second-order valence-corrected chi connectivity index (χ2v) is 2.95. The quantitative estimate of drug-likeness (QED) is 0.628. The van der Waals surface area contributed by atoms with Gasteiger partial charge in [0.25, 0.3) is 0 Å². The Bertz CT molecular complexity index is 491. The molecule has 2 heterocycles. The van der Waals surface area contributed by atoms with Crippen molar-refractivity contribution in [3.63, 3.8) is 0 Å². The van der Waals surface area contributed by atoms with Gasteiger partial charge in [0.2, 0.25) is 0 Å². The van der Waals surface area contributed by atoms with Crippen molar-refractivity contribution in [2.45, 2.75) is 6.92 Å². The summed E-state index contributed by atoms with van der Waals surface area (Å²) in [6.45, 7) is 1.93. The van der Waals surface area contributed by atoms with E-state index in [1.165, 1.54) is 0 Å². The normalized spacial score (nSPS) is 9.71. The van der Waals surface area contributed by atoms with Gasteiger partial charge in [-0.2, -0.15) is 5.10 Å². The lowest BCUT2D eigenvalue weighted by molar-refractivity contribution is 0.832. The van der Waals surface area contributed by atoms with E-state index >= 15 is 0 Å². The van der Waals surface area contributed by atoms with Crippen molar-refractivity contribution in [1.29, 1.82) is 0 Å². The molecule has 0 unspecified atom stereocenters. The molecule has 3 nitrogen and oxygen atoms in total. The van der Waals surface area contributed by atoms with Crippen molar-refractivity contribution in [2.24, 2.45) is 0 Å². The first kappa shape index (κ1) is 8.52. The molecule has 3 heteroatoms. The highest BCUT2D eigenvalue weighted by molar-refractivity contribution is 5.37. The van der Waals surface area contributed by atoms with Gasteiger partial charge in [-0.25, -0.2) is 9.67 Å². The first-order valence-corrected chi connectivity index (χ1v) is 4.25. The molecular weight excluding hydrogens is 174 g/mol. The van der Waals surface area contributed by atoms with Crippen LogP contribution < -0.4 is 0 Å². The van der Waals surface area contributed by atoms with Crippen LogP contribution in [0.5, 0.6) is 0 Å². The monoisotopic (exact) mass is 183 g/mol. The van der Waals surface area contributed by atoms with Crippen molar-refractivity contribution in [2.75, 3.05) is 0 Å². The van der Waals surface area contributed by atoms with Gasteiger partial charge in [0, 0.05) is 18.0 Å². The Balaban J connectivity index is 2.47. The number of pyridine rings is 1. The fourth-order valence-corrected chi connectivity index (χ4v) is 1.18. The van der Waals surface area contributed by atoms with Crippen molar-refractivity contribution in [3.8, 4) is 18.2 Å². The van der Waals surface area contributed by atoms with E-state index in [2.05, 4.69) is 16.0 Å². The molecule has 0 atom stereocenters. The molecule has 0 aliphatic rings. The van der Waals surface area contributed by atoms with E-state index in [1.54, 1.807) is 16.9 Å². The molecular formula is C11H9N3. The molecule has 14 heavy (non-hydrogen) atoms. The third-order valence-corrected chi connectivity index (χ3v) is 1.87. The molecule has 68 valence electrons. The van der Waals surface area contributed by atoms with Crippen LogP contribution in [0.15, 0.2) is 30.6 Å². The van der Waals surface area contributed by atoms with E-state index in [0.29, 0.717) is 0 Å². The van der Waals surface area contributed by atoms with E-state index in [0.717, 1.165) is 17.1 Å². The highest BCUT2D eigenvalue weighted by atomic mass is 15.3. The number of rotatable bonds is 1. The van der Waals surface area contributed by atoms with E-state index in [4.69, 9.17) is 6.42 Å². The maximum atomic E-state index is 5.29. The standard InChI is InChI=1S/C11H9N3/c1-3-10-4-6-12-11(8-10)14-7-5-9(2)13-14/h1,4-8H,2H3. The fraction of sp³-hybridized carbons (Fsp3) is 0.0909. The van der Waals surface area contributed by atoms with Gasteiger partial charge in [0.15, 0.2) is 5.82 Å². The zero-order chi connectivity index (χ0) is 9.97. The smallest absolute Gasteiger partial charge is 0.154 e. The van der Waals surface area contributed by atoms with E-state index in [1.807, 2.05) is 25.3 Å². The van der Waals surface area contributed by atoms with E-state index < -0.39 is 0 Å². The highest BCUT2D eigenvalue weighted by Gasteiger charge is 1.99. The average molecular weight is 183 g/mol. The number of hydrogen-bond acceptors (Lipinski definition) is 2. The zero-order valence-electron chi connectivity index (χ0n) is 7.81. The largest absolute Gasteiger partial charge is 0.237 e. The average Bonchev–Trinajstić information content (AvgIpc) is 2.65. The maximum Gasteiger partial charge on any atom is 0.154 e. The summed E-state index contributed by atoms with van der Waals surface area (Å²) in [6, 6.07) is 5.54. The number of terminal acetylenes is 1. The van der Waals surface area contributed by atoms with Gasteiger partial charge in [0.1, 0.15) is 0 Å². The first-order valence-electron chi connectivity index (χ1n) is 4.25. The molecule has 0 saturated heterocycles. The topological polar surface area (TPSA) is 30.7 Å². The summed E-state index contributed by atoms with van der Waals surface area (Å²) in [7, 11) is 0. The molecule has 0 saturated carbocycles. The molecule has 2 aromatic rings. The molecule has 0 fully saturated rings. The summed E-state index contributed by atoms with van der Waals surface area (Å²) in [4.78, 5) is 4.18. The molecule has 2 rings (SSSR count). The number of nitrogens with zero attached hydrogens (tertiary/aromatic N) is 3. The van der Waals surface area contributed by atoms with Crippen molar-refractivity contribution in [3.05, 3.63) is 41.9 Å². The maximum absolute atomic E-state index is 5.29. The second-order valence-electron chi connectivity index (χ2n) is 2.95. The van der Waals surface area contributed by atoms with Crippen molar-refractivity contribution >= 4 is 0 Å². The Morgan fingerprint density at radius 2 is 2.29 bits per heavy atom. The Morgan fingerprint density at radius 1 is 1.43 bits per heavy atom. The van der Waals surface area contributed by atoms with Crippen LogP contribution in [0.25, 0.3) is 5.82 Å².